The second-order valence-corrected chi connectivity index (χ2v) is 5.78. The number of nitrogens with zero attached hydrogens (tertiary/aromatic N) is 6. The lowest BCUT2D eigenvalue weighted by Gasteiger charge is -2.24. The van der Waals surface area contributed by atoms with Gasteiger partial charge in [-0.25, -0.2) is 15.0 Å². The van der Waals surface area contributed by atoms with Crippen molar-refractivity contribution < 1.29 is 4.79 Å². The largest absolute Gasteiger partial charge is 0.399 e. The van der Waals surface area contributed by atoms with Crippen LogP contribution in [0.2, 0.25) is 0 Å². The maximum Gasteiger partial charge on any atom is 0.254 e. The maximum absolute atomic E-state index is 12.9. The third-order valence-electron chi connectivity index (χ3n) is 4.07. The molecule has 0 fully saturated rings. The second kappa shape index (κ2) is 7.14. The molecule has 132 valence electrons. The van der Waals surface area contributed by atoms with Crippen molar-refractivity contribution in [3.63, 3.8) is 0 Å². The van der Waals surface area contributed by atoms with Gasteiger partial charge < -0.3 is 10.6 Å². The molecule has 0 aliphatic carbocycles. The molecule has 2 aromatic heterocycles. The maximum atomic E-state index is 12.9. The molecule has 8 heteroatoms. The Morgan fingerprint density at radius 1 is 1.19 bits per heavy atom. The molecule has 26 heavy (non-hydrogen) atoms. The molecule has 2 heterocycles. The van der Waals surface area contributed by atoms with E-state index in [0.29, 0.717) is 23.0 Å². The summed E-state index contributed by atoms with van der Waals surface area (Å²) in [5.41, 5.74) is 7.38. The van der Waals surface area contributed by atoms with Crippen molar-refractivity contribution in [2.24, 2.45) is 5.73 Å². The van der Waals surface area contributed by atoms with Gasteiger partial charge in [0.15, 0.2) is 5.82 Å². The summed E-state index contributed by atoms with van der Waals surface area (Å²) in [6, 6.07) is 8.42. The van der Waals surface area contributed by atoms with E-state index in [2.05, 4.69) is 26.6 Å². The second-order valence-electron chi connectivity index (χ2n) is 5.78. The molecule has 1 unspecified atom stereocenters. The SMILES string of the molecule is C=C(N)c1cccc(C(=O)N(C)C(C)c2ncnn2-c2ncccn2)c1. The summed E-state index contributed by atoms with van der Waals surface area (Å²) in [4.78, 5) is 27.1. The fraction of sp³-hybridized carbons (Fsp3) is 0.167. The van der Waals surface area contributed by atoms with Crippen LogP contribution < -0.4 is 5.73 Å². The number of aromatic nitrogens is 5. The van der Waals surface area contributed by atoms with E-state index in [0.717, 1.165) is 5.56 Å². The number of carbonyl (C=O) groups is 1. The molecule has 0 saturated heterocycles. The van der Waals surface area contributed by atoms with E-state index < -0.39 is 0 Å². The van der Waals surface area contributed by atoms with E-state index in [1.807, 2.05) is 13.0 Å². The highest BCUT2D eigenvalue weighted by atomic mass is 16.2. The Balaban J connectivity index is 1.88. The van der Waals surface area contributed by atoms with Crippen LogP contribution in [0.5, 0.6) is 0 Å². The van der Waals surface area contributed by atoms with Gasteiger partial charge in [0.25, 0.3) is 11.9 Å². The molecule has 0 aliphatic rings. The van der Waals surface area contributed by atoms with E-state index in [9.17, 15) is 4.79 Å². The number of amides is 1. The molecule has 0 bridgehead atoms. The Labute approximate surface area is 151 Å². The van der Waals surface area contributed by atoms with Gasteiger partial charge in [-0.2, -0.15) is 9.78 Å². The number of carbonyl (C=O) groups excluding carboxylic acids is 1. The topological polar surface area (TPSA) is 103 Å². The number of hydrogen-bond acceptors (Lipinski definition) is 6. The molecule has 1 amide bonds. The molecule has 2 N–H and O–H groups in total. The van der Waals surface area contributed by atoms with Crippen molar-refractivity contribution >= 4 is 11.6 Å². The molecule has 0 spiro atoms. The van der Waals surface area contributed by atoms with Crippen LogP contribution in [-0.4, -0.2) is 42.6 Å². The molecule has 0 radical (unpaired) electrons. The van der Waals surface area contributed by atoms with Gasteiger partial charge in [0.05, 0.1) is 6.04 Å². The Hall–Kier alpha value is -3.55. The molecule has 0 aliphatic heterocycles. The molecule has 0 saturated carbocycles. The summed E-state index contributed by atoms with van der Waals surface area (Å²) < 4.78 is 1.52. The minimum Gasteiger partial charge on any atom is -0.399 e. The first-order chi connectivity index (χ1) is 12.5. The van der Waals surface area contributed by atoms with Crippen LogP contribution in [0.25, 0.3) is 11.6 Å². The smallest absolute Gasteiger partial charge is 0.254 e. The lowest BCUT2D eigenvalue weighted by atomic mass is 10.1. The van der Waals surface area contributed by atoms with Crippen LogP contribution in [0.15, 0.2) is 55.6 Å². The molecule has 1 aromatic carbocycles. The van der Waals surface area contributed by atoms with Crippen molar-refractivity contribution in [3.05, 3.63) is 72.6 Å². The van der Waals surface area contributed by atoms with Crippen molar-refractivity contribution in [3.8, 4) is 5.95 Å². The van der Waals surface area contributed by atoms with Crippen LogP contribution in [0, 0.1) is 0 Å². The van der Waals surface area contributed by atoms with Gasteiger partial charge in [-0.15, -0.1) is 0 Å². The van der Waals surface area contributed by atoms with E-state index in [1.165, 1.54) is 11.0 Å². The van der Waals surface area contributed by atoms with Gasteiger partial charge in [0.1, 0.15) is 6.33 Å². The predicted molar refractivity (Wildman–Crippen MR) is 97.1 cm³/mol. The van der Waals surface area contributed by atoms with E-state index in [4.69, 9.17) is 5.73 Å². The van der Waals surface area contributed by atoms with Crippen LogP contribution in [0.3, 0.4) is 0 Å². The Morgan fingerprint density at radius 2 is 1.88 bits per heavy atom. The number of nitrogens with two attached hydrogens (primary N) is 1. The highest BCUT2D eigenvalue weighted by Crippen LogP contribution is 2.21. The lowest BCUT2D eigenvalue weighted by Crippen LogP contribution is -2.31. The average molecular weight is 349 g/mol. The molecule has 3 rings (SSSR count). The zero-order chi connectivity index (χ0) is 18.7. The van der Waals surface area contributed by atoms with Gasteiger partial charge in [0.2, 0.25) is 0 Å². The molecule has 1 atom stereocenters. The number of rotatable bonds is 5. The third kappa shape index (κ3) is 3.30. The van der Waals surface area contributed by atoms with Gasteiger partial charge >= 0.3 is 0 Å². The minimum atomic E-state index is -0.349. The summed E-state index contributed by atoms with van der Waals surface area (Å²) in [5, 5.41) is 4.17. The first kappa shape index (κ1) is 17.3. The predicted octanol–water partition coefficient (Wildman–Crippen LogP) is 1.82. The summed E-state index contributed by atoms with van der Waals surface area (Å²) in [5.74, 6) is 0.796. The molecular formula is C18H19N7O. The molecule has 3 aromatic rings. The van der Waals surface area contributed by atoms with Gasteiger partial charge in [-0.3, -0.25) is 4.79 Å². The minimum absolute atomic E-state index is 0.163. The fourth-order valence-corrected chi connectivity index (χ4v) is 2.49. The van der Waals surface area contributed by atoms with Crippen LogP contribution in [0.1, 0.15) is 34.7 Å². The number of benzene rings is 1. The Kier molecular flexibility index (Phi) is 4.74. The first-order valence-corrected chi connectivity index (χ1v) is 7.98. The van der Waals surface area contributed by atoms with E-state index in [-0.39, 0.29) is 11.9 Å². The average Bonchev–Trinajstić information content (AvgIpc) is 3.16. The van der Waals surface area contributed by atoms with Crippen molar-refractivity contribution in [2.75, 3.05) is 7.05 Å². The molecular weight excluding hydrogens is 330 g/mol. The van der Waals surface area contributed by atoms with E-state index in [1.54, 1.807) is 48.6 Å². The summed E-state index contributed by atoms with van der Waals surface area (Å²) in [6.07, 6.45) is 4.66. The normalized spacial score (nSPS) is 11.8. The number of hydrogen-bond donors (Lipinski definition) is 1. The lowest BCUT2D eigenvalue weighted by molar-refractivity contribution is 0.0735. The monoisotopic (exact) mass is 349 g/mol. The van der Waals surface area contributed by atoms with E-state index >= 15 is 0 Å². The van der Waals surface area contributed by atoms with Crippen molar-refractivity contribution in [2.45, 2.75) is 13.0 Å². The summed E-state index contributed by atoms with van der Waals surface area (Å²) in [6.45, 7) is 5.58. The Bertz CT molecular complexity index is 935. The standard InChI is InChI=1S/C18H19N7O/c1-12(19)14-6-4-7-15(10-14)17(26)24(3)13(2)16-22-11-23-25(16)18-20-8-5-9-21-18/h4-11,13H,1,19H2,2-3H3. The molecule has 8 nitrogen and oxygen atoms in total. The van der Waals surface area contributed by atoms with Crippen LogP contribution in [-0.2, 0) is 0 Å². The van der Waals surface area contributed by atoms with Crippen LogP contribution in [0.4, 0.5) is 0 Å². The highest BCUT2D eigenvalue weighted by molar-refractivity contribution is 5.95. The Morgan fingerprint density at radius 3 is 2.58 bits per heavy atom. The van der Waals surface area contributed by atoms with Crippen molar-refractivity contribution in [1.29, 1.82) is 0 Å². The van der Waals surface area contributed by atoms with Crippen molar-refractivity contribution in [1.82, 2.24) is 29.6 Å². The highest BCUT2D eigenvalue weighted by Gasteiger charge is 2.24. The summed E-state index contributed by atoms with van der Waals surface area (Å²) in [7, 11) is 1.71. The quantitative estimate of drug-likeness (QED) is 0.754. The van der Waals surface area contributed by atoms with Gasteiger partial charge in [-0.05, 0) is 30.7 Å². The fourth-order valence-electron chi connectivity index (χ4n) is 2.49. The zero-order valence-corrected chi connectivity index (χ0v) is 14.6. The summed E-state index contributed by atoms with van der Waals surface area (Å²) >= 11 is 0. The zero-order valence-electron chi connectivity index (χ0n) is 14.6. The van der Waals surface area contributed by atoms with Gasteiger partial charge in [0, 0.05) is 30.7 Å². The van der Waals surface area contributed by atoms with Crippen LogP contribution >= 0.6 is 0 Å². The first-order valence-electron chi connectivity index (χ1n) is 7.98. The third-order valence-corrected chi connectivity index (χ3v) is 4.07. The van der Waals surface area contributed by atoms with Gasteiger partial charge in [-0.1, -0.05) is 18.7 Å².